The first kappa shape index (κ1) is 20.5. The van der Waals surface area contributed by atoms with Gasteiger partial charge in [0.15, 0.2) is 5.13 Å². The highest BCUT2D eigenvalue weighted by atomic mass is 32.1. The molecule has 10 heteroatoms. The Morgan fingerprint density at radius 2 is 1.76 bits per heavy atom. The first-order valence-corrected chi connectivity index (χ1v) is 9.08. The average Bonchev–Trinajstić information content (AvgIpc) is 3.09. The molecule has 3 rings (SSSR count). The molecule has 0 unspecified atom stereocenters. The highest BCUT2D eigenvalue weighted by molar-refractivity contribution is 7.14. The lowest BCUT2D eigenvalue weighted by molar-refractivity contribution is -0.140. The molecule has 0 radical (unpaired) electrons. The molecule has 2 aromatic carbocycles. The van der Waals surface area contributed by atoms with Crippen LogP contribution in [0.25, 0.3) is 0 Å². The quantitative estimate of drug-likeness (QED) is 0.583. The molecule has 3 aromatic rings. The van der Waals surface area contributed by atoms with Crippen molar-refractivity contribution in [3.05, 3.63) is 76.5 Å². The molecule has 5 nitrogen and oxygen atoms in total. The van der Waals surface area contributed by atoms with Crippen LogP contribution in [0.3, 0.4) is 0 Å². The van der Waals surface area contributed by atoms with Crippen LogP contribution >= 0.6 is 11.3 Å². The van der Waals surface area contributed by atoms with Gasteiger partial charge in [0.2, 0.25) is 5.91 Å². The number of amides is 2. The Kier molecular flexibility index (Phi) is 5.92. The highest BCUT2D eigenvalue weighted by Crippen LogP contribution is 2.33. The number of thiazole rings is 1. The molecule has 1 aromatic heterocycles. The van der Waals surface area contributed by atoms with Gasteiger partial charge in [0, 0.05) is 16.6 Å². The molecule has 0 atom stereocenters. The summed E-state index contributed by atoms with van der Waals surface area (Å²) in [6, 6.07) is 10.7. The van der Waals surface area contributed by atoms with Crippen LogP contribution in [-0.2, 0) is 17.4 Å². The summed E-state index contributed by atoms with van der Waals surface area (Å²) in [6.45, 7) is 0. The topological polar surface area (TPSA) is 71.1 Å². The van der Waals surface area contributed by atoms with E-state index in [1.807, 2.05) is 0 Å². The number of alkyl halides is 3. The number of benzene rings is 2. The molecule has 29 heavy (non-hydrogen) atoms. The summed E-state index contributed by atoms with van der Waals surface area (Å²) >= 11 is 1.11. The van der Waals surface area contributed by atoms with E-state index in [1.165, 1.54) is 0 Å². The van der Waals surface area contributed by atoms with E-state index in [4.69, 9.17) is 0 Å². The van der Waals surface area contributed by atoms with Crippen molar-refractivity contribution < 1.29 is 27.2 Å². The number of halogens is 4. The van der Waals surface area contributed by atoms with Gasteiger partial charge in [-0.2, -0.15) is 13.2 Å². The van der Waals surface area contributed by atoms with Gasteiger partial charge in [-0.25, -0.2) is 9.37 Å². The fourth-order valence-corrected chi connectivity index (χ4v) is 3.10. The predicted octanol–water partition coefficient (Wildman–Crippen LogP) is 4.73. The number of hydrogen-bond acceptors (Lipinski definition) is 4. The number of nitrogens with one attached hydrogen (secondary N) is 2. The summed E-state index contributed by atoms with van der Waals surface area (Å²) in [4.78, 5) is 28.3. The molecule has 0 aliphatic carbocycles. The molecule has 2 amide bonds. The third kappa shape index (κ3) is 5.38. The monoisotopic (exact) mass is 423 g/mol. The molecule has 0 fully saturated rings. The summed E-state index contributed by atoms with van der Waals surface area (Å²) in [6.07, 6.45) is -5.10. The molecule has 2 N–H and O–H groups in total. The van der Waals surface area contributed by atoms with Crippen LogP contribution in [-0.4, -0.2) is 16.8 Å². The van der Waals surface area contributed by atoms with Crippen molar-refractivity contribution in [1.82, 2.24) is 4.98 Å². The lowest BCUT2D eigenvalue weighted by Gasteiger charge is -2.10. The number of nitrogens with zero attached hydrogens (tertiary/aromatic N) is 1. The number of hydrogen-bond donors (Lipinski definition) is 2. The minimum absolute atomic E-state index is 0.184. The normalized spacial score (nSPS) is 11.2. The van der Waals surface area contributed by atoms with E-state index >= 15 is 0 Å². The van der Waals surface area contributed by atoms with Crippen molar-refractivity contribution in [1.29, 1.82) is 0 Å². The fraction of sp³-hybridized carbons (Fsp3) is 0.105. The molecule has 0 saturated heterocycles. The lowest BCUT2D eigenvalue weighted by Crippen LogP contribution is -2.16. The van der Waals surface area contributed by atoms with E-state index in [1.54, 1.807) is 35.7 Å². The van der Waals surface area contributed by atoms with E-state index < -0.39 is 23.5 Å². The fourth-order valence-electron chi connectivity index (χ4n) is 2.39. The van der Waals surface area contributed by atoms with E-state index in [2.05, 4.69) is 15.6 Å². The Balaban J connectivity index is 1.61. The third-order valence-corrected chi connectivity index (χ3v) is 4.51. The van der Waals surface area contributed by atoms with E-state index in [-0.39, 0.29) is 23.1 Å². The van der Waals surface area contributed by atoms with Crippen LogP contribution in [0.1, 0.15) is 21.6 Å². The van der Waals surface area contributed by atoms with Crippen LogP contribution < -0.4 is 10.6 Å². The molecule has 0 spiro atoms. The summed E-state index contributed by atoms with van der Waals surface area (Å²) < 4.78 is 51.5. The molecular formula is C19H13F4N3O2S. The van der Waals surface area contributed by atoms with Gasteiger partial charge in [0.05, 0.1) is 17.7 Å². The lowest BCUT2D eigenvalue weighted by atomic mass is 10.1. The largest absolute Gasteiger partial charge is 0.419 e. The second-order valence-electron chi connectivity index (χ2n) is 5.88. The van der Waals surface area contributed by atoms with Crippen LogP contribution in [0.2, 0.25) is 0 Å². The third-order valence-electron chi connectivity index (χ3n) is 3.71. The van der Waals surface area contributed by atoms with Gasteiger partial charge >= 0.3 is 6.18 Å². The number of rotatable bonds is 5. The van der Waals surface area contributed by atoms with Crippen molar-refractivity contribution in [3.63, 3.8) is 0 Å². The zero-order valence-electron chi connectivity index (χ0n) is 14.6. The zero-order chi connectivity index (χ0) is 21.0. The Morgan fingerprint density at radius 1 is 1.03 bits per heavy atom. The second-order valence-corrected chi connectivity index (χ2v) is 6.74. The van der Waals surface area contributed by atoms with Crippen LogP contribution in [0.15, 0.2) is 53.9 Å². The van der Waals surface area contributed by atoms with Crippen molar-refractivity contribution in [3.8, 4) is 0 Å². The number of carbonyl (C=O) groups is 2. The Hall–Kier alpha value is -3.27. The Morgan fingerprint density at radius 3 is 2.45 bits per heavy atom. The van der Waals surface area contributed by atoms with Gasteiger partial charge in [-0.05, 0) is 30.3 Å². The minimum Gasteiger partial charge on any atom is -0.326 e. The van der Waals surface area contributed by atoms with E-state index in [9.17, 15) is 27.2 Å². The van der Waals surface area contributed by atoms with Crippen molar-refractivity contribution >= 4 is 34.0 Å². The maximum atomic E-state index is 13.3. The SMILES string of the molecule is O=C(Cc1csc(NC(=O)c2ccccc2)n1)Nc1ccc(F)c(C(F)(F)F)c1. The first-order chi connectivity index (χ1) is 13.7. The summed E-state index contributed by atoms with van der Waals surface area (Å²) in [5.41, 5.74) is -0.876. The van der Waals surface area contributed by atoms with E-state index in [0.717, 1.165) is 17.4 Å². The van der Waals surface area contributed by atoms with Crippen molar-refractivity contribution in [2.24, 2.45) is 0 Å². The minimum atomic E-state index is -4.87. The van der Waals surface area contributed by atoms with Gasteiger partial charge in [-0.3, -0.25) is 14.9 Å². The number of aromatic nitrogens is 1. The van der Waals surface area contributed by atoms with Crippen LogP contribution in [0.5, 0.6) is 0 Å². The smallest absolute Gasteiger partial charge is 0.326 e. The number of anilines is 2. The molecule has 0 aliphatic heterocycles. The molecule has 150 valence electrons. The summed E-state index contributed by atoms with van der Waals surface area (Å²) in [5, 5.41) is 6.71. The van der Waals surface area contributed by atoms with Crippen molar-refractivity contribution in [2.75, 3.05) is 10.6 Å². The molecular weight excluding hydrogens is 410 g/mol. The maximum Gasteiger partial charge on any atom is 0.419 e. The summed E-state index contributed by atoms with van der Waals surface area (Å²) in [5.74, 6) is -2.41. The van der Waals surface area contributed by atoms with Gasteiger partial charge in [0.1, 0.15) is 5.82 Å². The van der Waals surface area contributed by atoms with Crippen LogP contribution in [0, 0.1) is 5.82 Å². The van der Waals surface area contributed by atoms with E-state index in [0.29, 0.717) is 23.4 Å². The van der Waals surface area contributed by atoms with Gasteiger partial charge < -0.3 is 5.32 Å². The summed E-state index contributed by atoms with van der Waals surface area (Å²) in [7, 11) is 0. The van der Waals surface area contributed by atoms with Gasteiger partial charge in [0.25, 0.3) is 5.91 Å². The molecule has 0 bridgehead atoms. The van der Waals surface area contributed by atoms with Gasteiger partial charge in [-0.15, -0.1) is 11.3 Å². The van der Waals surface area contributed by atoms with Gasteiger partial charge in [-0.1, -0.05) is 18.2 Å². The molecule has 0 saturated carbocycles. The molecule has 0 aliphatic rings. The Bertz CT molecular complexity index is 1040. The zero-order valence-corrected chi connectivity index (χ0v) is 15.4. The standard InChI is InChI=1S/C19H13F4N3O2S/c20-15-7-6-12(8-14(15)19(21,22)23)24-16(27)9-13-10-29-18(25-13)26-17(28)11-4-2-1-3-5-11/h1-8,10H,9H2,(H,24,27)(H,25,26,28). The average molecular weight is 423 g/mol. The maximum absolute atomic E-state index is 13.3. The highest BCUT2D eigenvalue weighted by Gasteiger charge is 2.34. The van der Waals surface area contributed by atoms with Crippen LogP contribution in [0.4, 0.5) is 28.4 Å². The Labute approximate surface area is 166 Å². The molecule has 1 heterocycles. The first-order valence-electron chi connectivity index (χ1n) is 8.20. The number of carbonyl (C=O) groups excluding carboxylic acids is 2. The second kappa shape index (κ2) is 8.39. The van der Waals surface area contributed by atoms with Crippen molar-refractivity contribution in [2.45, 2.75) is 12.6 Å². The predicted molar refractivity (Wildman–Crippen MR) is 100 cm³/mol.